The highest BCUT2D eigenvalue weighted by Crippen LogP contribution is 2.35. The van der Waals surface area contributed by atoms with Gasteiger partial charge in [-0.2, -0.15) is 4.31 Å². The van der Waals surface area contributed by atoms with Crippen LogP contribution in [-0.2, 0) is 16.6 Å². The zero-order valence-electron chi connectivity index (χ0n) is 11.9. The van der Waals surface area contributed by atoms with E-state index in [1.54, 1.807) is 10.4 Å². The van der Waals surface area contributed by atoms with Gasteiger partial charge in [0.1, 0.15) is 4.90 Å². The monoisotopic (exact) mass is 380 g/mol. The van der Waals surface area contributed by atoms with E-state index < -0.39 is 10.0 Å². The van der Waals surface area contributed by atoms with Crippen molar-refractivity contribution in [3.63, 3.8) is 0 Å². The van der Waals surface area contributed by atoms with E-state index in [0.29, 0.717) is 21.8 Å². The van der Waals surface area contributed by atoms with Crippen LogP contribution in [0, 0.1) is 0 Å². The van der Waals surface area contributed by atoms with Crippen LogP contribution in [0.4, 0.5) is 0 Å². The second-order valence-electron chi connectivity index (χ2n) is 5.09. The van der Waals surface area contributed by atoms with E-state index in [1.165, 1.54) is 11.3 Å². The Labute approximate surface area is 133 Å². The fourth-order valence-corrected chi connectivity index (χ4v) is 6.77. The molecule has 1 unspecified atom stereocenters. The molecule has 1 aromatic rings. The van der Waals surface area contributed by atoms with Crippen molar-refractivity contribution in [1.82, 2.24) is 9.62 Å². The van der Waals surface area contributed by atoms with Crippen LogP contribution in [0.25, 0.3) is 0 Å². The lowest BCUT2D eigenvalue weighted by Gasteiger charge is -2.32. The third-order valence-corrected chi connectivity index (χ3v) is 7.85. The standard InChI is InChI=1S/C13H21BrN2O2S2/c1-3-15-9-11-8-12(13(14)19-11)20(17,18)16-7-5-4-6-10(16)2/h8,10,15H,3-7,9H2,1-2H3. The highest BCUT2D eigenvalue weighted by atomic mass is 79.9. The van der Waals surface area contributed by atoms with Crippen molar-refractivity contribution >= 4 is 37.3 Å². The lowest BCUT2D eigenvalue weighted by Crippen LogP contribution is -2.41. The van der Waals surface area contributed by atoms with Gasteiger partial charge in [0.25, 0.3) is 0 Å². The molecular formula is C13H21BrN2O2S2. The van der Waals surface area contributed by atoms with E-state index in [-0.39, 0.29) is 6.04 Å². The van der Waals surface area contributed by atoms with Gasteiger partial charge in [-0.05, 0) is 48.3 Å². The SMILES string of the molecule is CCNCc1cc(S(=O)(=O)N2CCCCC2C)c(Br)s1. The van der Waals surface area contributed by atoms with Gasteiger partial charge in [-0.15, -0.1) is 11.3 Å². The summed E-state index contributed by atoms with van der Waals surface area (Å²) in [6, 6.07) is 1.89. The molecule has 0 radical (unpaired) electrons. The van der Waals surface area contributed by atoms with Crippen molar-refractivity contribution in [2.75, 3.05) is 13.1 Å². The average Bonchev–Trinajstić information content (AvgIpc) is 2.78. The van der Waals surface area contributed by atoms with Crippen molar-refractivity contribution in [2.45, 2.75) is 50.6 Å². The largest absolute Gasteiger partial charge is 0.312 e. The van der Waals surface area contributed by atoms with E-state index >= 15 is 0 Å². The summed E-state index contributed by atoms with van der Waals surface area (Å²) in [6.07, 6.45) is 3.02. The molecule has 0 saturated carbocycles. The van der Waals surface area contributed by atoms with Crippen LogP contribution in [0.15, 0.2) is 14.7 Å². The van der Waals surface area contributed by atoms with Gasteiger partial charge >= 0.3 is 0 Å². The summed E-state index contributed by atoms with van der Waals surface area (Å²) < 4.78 is 27.9. The molecule has 1 aliphatic heterocycles. The van der Waals surface area contributed by atoms with Crippen LogP contribution in [0.1, 0.15) is 38.0 Å². The van der Waals surface area contributed by atoms with Gasteiger partial charge in [0, 0.05) is 24.0 Å². The molecule has 0 aliphatic carbocycles. The van der Waals surface area contributed by atoms with Crippen LogP contribution >= 0.6 is 27.3 Å². The zero-order valence-corrected chi connectivity index (χ0v) is 15.1. The Bertz CT molecular complexity index is 557. The summed E-state index contributed by atoms with van der Waals surface area (Å²) in [5.74, 6) is 0. The van der Waals surface area contributed by atoms with Gasteiger partial charge < -0.3 is 5.32 Å². The first-order valence-corrected chi connectivity index (χ1v) is 10.0. The molecule has 4 nitrogen and oxygen atoms in total. The van der Waals surface area contributed by atoms with E-state index in [2.05, 4.69) is 21.2 Å². The number of halogens is 1. The highest BCUT2D eigenvalue weighted by Gasteiger charge is 2.33. The van der Waals surface area contributed by atoms with Gasteiger partial charge in [-0.25, -0.2) is 8.42 Å². The van der Waals surface area contributed by atoms with Crippen molar-refractivity contribution in [3.05, 3.63) is 14.7 Å². The molecule has 1 fully saturated rings. The molecule has 1 aromatic heterocycles. The number of sulfonamides is 1. The van der Waals surface area contributed by atoms with Crippen LogP contribution in [0.2, 0.25) is 0 Å². The number of hydrogen-bond donors (Lipinski definition) is 1. The summed E-state index contributed by atoms with van der Waals surface area (Å²) in [7, 11) is -3.38. The Morgan fingerprint density at radius 1 is 1.50 bits per heavy atom. The highest BCUT2D eigenvalue weighted by molar-refractivity contribution is 9.11. The lowest BCUT2D eigenvalue weighted by molar-refractivity contribution is 0.268. The fraction of sp³-hybridized carbons (Fsp3) is 0.692. The van der Waals surface area contributed by atoms with Crippen LogP contribution < -0.4 is 5.32 Å². The Hall–Kier alpha value is 0.0500. The summed E-state index contributed by atoms with van der Waals surface area (Å²) >= 11 is 4.91. The minimum atomic E-state index is -3.38. The molecule has 7 heteroatoms. The van der Waals surface area contributed by atoms with E-state index in [4.69, 9.17) is 0 Å². The van der Waals surface area contributed by atoms with Gasteiger partial charge in [-0.1, -0.05) is 13.3 Å². The third kappa shape index (κ3) is 3.44. The Morgan fingerprint density at radius 2 is 2.25 bits per heavy atom. The molecule has 2 heterocycles. The third-order valence-electron chi connectivity index (χ3n) is 3.58. The maximum atomic E-state index is 12.8. The molecule has 114 valence electrons. The molecule has 0 aromatic carbocycles. The second kappa shape index (κ2) is 6.87. The van der Waals surface area contributed by atoms with Crippen molar-refractivity contribution in [3.8, 4) is 0 Å². The molecule has 1 aliphatic rings. The van der Waals surface area contributed by atoms with Crippen molar-refractivity contribution < 1.29 is 8.42 Å². The molecule has 1 N–H and O–H groups in total. The molecule has 20 heavy (non-hydrogen) atoms. The number of nitrogens with zero attached hydrogens (tertiary/aromatic N) is 1. The Morgan fingerprint density at radius 3 is 2.90 bits per heavy atom. The second-order valence-corrected chi connectivity index (χ2v) is 9.41. The lowest BCUT2D eigenvalue weighted by atomic mass is 10.1. The van der Waals surface area contributed by atoms with Crippen molar-refractivity contribution in [1.29, 1.82) is 0 Å². The summed E-state index contributed by atoms with van der Waals surface area (Å²) in [5.41, 5.74) is 0. The van der Waals surface area contributed by atoms with Crippen LogP contribution in [0.3, 0.4) is 0 Å². The first-order valence-electron chi connectivity index (χ1n) is 6.97. The number of piperidine rings is 1. The molecule has 0 amide bonds. The van der Waals surface area contributed by atoms with Gasteiger partial charge in [-0.3, -0.25) is 0 Å². The molecule has 2 rings (SSSR count). The molecule has 0 spiro atoms. The maximum absolute atomic E-state index is 12.8. The van der Waals surface area contributed by atoms with E-state index in [0.717, 1.165) is 30.7 Å². The molecule has 1 saturated heterocycles. The molecule has 1 atom stereocenters. The number of rotatable bonds is 5. The van der Waals surface area contributed by atoms with Gasteiger partial charge in [0.15, 0.2) is 0 Å². The smallest absolute Gasteiger partial charge is 0.245 e. The maximum Gasteiger partial charge on any atom is 0.245 e. The quantitative estimate of drug-likeness (QED) is 0.852. The first-order chi connectivity index (χ1) is 9.46. The van der Waals surface area contributed by atoms with Crippen molar-refractivity contribution in [2.24, 2.45) is 0 Å². The normalized spacial score (nSPS) is 21.2. The van der Waals surface area contributed by atoms with E-state index in [9.17, 15) is 8.42 Å². The topological polar surface area (TPSA) is 49.4 Å². The van der Waals surface area contributed by atoms with Crippen LogP contribution in [-0.4, -0.2) is 31.9 Å². The zero-order chi connectivity index (χ0) is 14.8. The van der Waals surface area contributed by atoms with E-state index in [1.807, 2.05) is 13.8 Å². The first kappa shape index (κ1) is 16.4. The minimum Gasteiger partial charge on any atom is -0.312 e. The van der Waals surface area contributed by atoms with Gasteiger partial charge in [0.2, 0.25) is 10.0 Å². The number of hydrogen-bond acceptors (Lipinski definition) is 4. The Balaban J connectivity index is 2.26. The predicted molar refractivity (Wildman–Crippen MR) is 86.6 cm³/mol. The summed E-state index contributed by atoms with van der Waals surface area (Å²) in [5, 5.41) is 3.23. The minimum absolute atomic E-state index is 0.0952. The number of nitrogens with one attached hydrogen (secondary N) is 1. The predicted octanol–water partition coefficient (Wildman–Crippen LogP) is 3.18. The molecule has 0 bridgehead atoms. The molecular weight excluding hydrogens is 360 g/mol. The number of thiophene rings is 1. The average molecular weight is 381 g/mol. The summed E-state index contributed by atoms with van der Waals surface area (Å²) in [6.45, 7) is 6.26. The van der Waals surface area contributed by atoms with Crippen LogP contribution in [0.5, 0.6) is 0 Å². The Kier molecular flexibility index (Phi) is 5.64. The fourth-order valence-electron chi connectivity index (χ4n) is 2.46. The van der Waals surface area contributed by atoms with Gasteiger partial charge in [0.05, 0.1) is 3.79 Å². The summed E-state index contributed by atoms with van der Waals surface area (Å²) in [4.78, 5) is 1.46.